The summed E-state index contributed by atoms with van der Waals surface area (Å²) in [5, 5.41) is 19.1. The minimum Gasteiger partial charge on any atom is -0.476 e. The molecule has 3 N–H and O–H groups in total. The molecule has 0 bridgehead atoms. The Kier molecular flexibility index (Phi) is 7.89. The largest absolute Gasteiger partial charge is 0.476 e. The fourth-order valence-electron chi connectivity index (χ4n) is 7.06. The van der Waals surface area contributed by atoms with Crippen molar-refractivity contribution in [2.45, 2.75) is 68.9 Å². The van der Waals surface area contributed by atoms with E-state index >= 15 is 0 Å². The summed E-state index contributed by atoms with van der Waals surface area (Å²) >= 11 is 1.57. The van der Waals surface area contributed by atoms with Crippen LogP contribution < -0.4 is 15.8 Å². The summed E-state index contributed by atoms with van der Waals surface area (Å²) in [7, 11) is 2.08. The Morgan fingerprint density at radius 3 is 2.82 bits per heavy atom. The molecule has 0 unspecified atom stereocenters. The molecule has 1 spiro atoms. The molecule has 2 saturated heterocycles. The van der Waals surface area contributed by atoms with E-state index in [0.29, 0.717) is 61.9 Å². The van der Waals surface area contributed by atoms with Crippen molar-refractivity contribution in [3.05, 3.63) is 56.8 Å². The number of likely N-dealkylation sites (N-methyl/N-ethyl adjacent to an activating group) is 1. The maximum atomic E-state index is 14.4. The zero-order valence-electron chi connectivity index (χ0n) is 25.3. The van der Waals surface area contributed by atoms with E-state index < -0.39 is 5.41 Å². The lowest BCUT2D eigenvalue weighted by atomic mass is 9.61. The second kappa shape index (κ2) is 12.0. The van der Waals surface area contributed by atoms with E-state index in [0.717, 1.165) is 49.1 Å². The molecular weight excluding hydrogens is 592 g/mol. The number of allylic oxidation sites excluding steroid dienone is 1. The van der Waals surface area contributed by atoms with Crippen LogP contribution in [0.25, 0.3) is 11.5 Å². The molecule has 234 valence electrons. The maximum absolute atomic E-state index is 14.4. The Morgan fingerprint density at radius 2 is 2.09 bits per heavy atom. The van der Waals surface area contributed by atoms with Gasteiger partial charge in [-0.05, 0) is 76.6 Å². The SMILES string of the molecule is CN1CCC[C@H]1COc1cc(-n2ccc(C(=O)NC3COC3)n2)nc(/C(N)=C2\CCC[C@@]3(CCCc4scc(C#N)c43)C2=O)n1. The highest BCUT2D eigenvalue weighted by Crippen LogP contribution is 2.50. The molecule has 1 amide bonds. The van der Waals surface area contributed by atoms with Gasteiger partial charge in [0.25, 0.3) is 5.91 Å². The Morgan fingerprint density at radius 1 is 1.27 bits per heavy atom. The molecule has 7 rings (SSSR count). The van der Waals surface area contributed by atoms with Gasteiger partial charge in [0, 0.05) is 34.1 Å². The van der Waals surface area contributed by atoms with E-state index in [2.05, 4.69) is 33.4 Å². The molecule has 3 aromatic heterocycles. The van der Waals surface area contributed by atoms with Gasteiger partial charge in [0.15, 0.2) is 23.1 Å². The number of fused-ring (bicyclic) bond motifs is 2. The van der Waals surface area contributed by atoms with Crippen molar-refractivity contribution < 1.29 is 19.1 Å². The number of nitrogens with two attached hydrogens (primary N) is 1. The summed E-state index contributed by atoms with van der Waals surface area (Å²) in [5.41, 5.74) is 8.48. The van der Waals surface area contributed by atoms with Gasteiger partial charge < -0.3 is 25.4 Å². The van der Waals surface area contributed by atoms with Crippen LogP contribution in [0.4, 0.5) is 0 Å². The van der Waals surface area contributed by atoms with E-state index in [1.54, 1.807) is 29.7 Å². The third-order valence-electron chi connectivity index (χ3n) is 9.59. The quantitative estimate of drug-likeness (QED) is 0.372. The first-order valence-corrected chi connectivity index (χ1v) is 16.5. The molecule has 2 aliphatic carbocycles. The number of ether oxygens (including phenoxy) is 2. The topological polar surface area (TPSA) is 161 Å². The number of hydrogen-bond donors (Lipinski definition) is 2. The Hall–Kier alpha value is -4.12. The van der Waals surface area contributed by atoms with Crippen LogP contribution in [0.5, 0.6) is 5.88 Å². The van der Waals surface area contributed by atoms with Crippen LogP contribution in [0.2, 0.25) is 0 Å². The highest BCUT2D eigenvalue weighted by atomic mass is 32.1. The summed E-state index contributed by atoms with van der Waals surface area (Å²) in [4.78, 5) is 40.0. The number of carbonyl (C=O) groups excluding carboxylic acids is 2. The number of carbonyl (C=O) groups is 2. The molecule has 12 nitrogen and oxygen atoms in total. The Labute approximate surface area is 265 Å². The van der Waals surface area contributed by atoms with E-state index in [1.807, 2.05) is 5.38 Å². The Balaban J connectivity index is 1.25. The Bertz CT molecular complexity index is 1720. The number of nitrogens with one attached hydrogen (secondary N) is 1. The smallest absolute Gasteiger partial charge is 0.272 e. The average Bonchev–Trinajstić information content (AvgIpc) is 3.79. The minimum atomic E-state index is -0.753. The van der Waals surface area contributed by atoms with Gasteiger partial charge in [0.05, 0.1) is 35.9 Å². The van der Waals surface area contributed by atoms with Crippen molar-refractivity contribution in [1.82, 2.24) is 30.0 Å². The van der Waals surface area contributed by atoms with Crippen LogP contribution in [0.1, 0.15) is 77.3 Å². The first kappa shape index (κ1) is 29.6. The minimum absolute atomic E-state index is 0.0247. The van der Waals surface area contributed by atoms with E-state index in [-0.39, 0.29) is 41.0 Å². The first-order valence-electron chi connectivity index (χ1n) is 15.6. The summed E-state index contributed by atoms with van der Waals surface area (Å²) in [6.45, 7) is 2.43. The van der Waals surface area contributed by atoms with Crippen LogP contribution in [-0.2, 0) is 21.4 Å². The molecule has 13 heteroatoms. The van der Waals surface area contributed by atoms with E-state index in [4.69, 9.17) is 20.2 Å². The number of aryl methyl sites for hydroxylation is 1. The number of thiophene rings is 1. The number of rotatable bonds is 7. The third kappa shape index (κ3) is 5.41. The number of ketones is 1. The molecule has 0 aromatic carbocycles. The van der Waals surface area contributed by atoms with Crippen LogP contribution >= 0.6 is 11.3 Å². The lowest BCUT2D eigenvalue weighted by molar-refractivity contribution is -0.122. The second-order valence-electron chi connectivity index (χ2n) is 12.4. The predicted molar refractivity (Wildman–Crippen MR) is 166 cm³/mol. The number of likely N-dealkylation sites (tertiary alicyclic amines) is 1. The van der Waals surface area contributed by atoms with Gasteiger partial charge in [0.1, 0.15) is 12.7 Å². The lowest BCUT2D eigenvalue weighted by Crippen LogP contribution is -2.48. The van der Waals surface area contributed by atoms with Gasteiger partial charge in [-0.3, -0.25) is 9.59 Å². The lowest BCUT2D eigenvalue weighted by Gasteiger charge is -2.40. The molecule has 0 radical (unpaired) electrons. The van der Waals surface area contributed by atoms with Crippen molar-refractivity contribution in [3.8, 4) is 17.8 Å². The number of nitrogens with zero attached hydrogens (tertiary/aromatic N) is 6. The predicted octanol–water partition coefficient (Wildman–Crippen LogP) is 2.89. The average molecular weight is 629 g/mol. The molecule has 45 heavy (non-hydrogen) atoms. The highest BCUT2D eigenvalue weighted by molar-refractivity contribution is 7.10. The molecule has 2 aliphatic heterocycles. The molecule has 2 atom stereocenters. The summed E-state index contributed by atoms with van der Waals surface area (Å²) in [6, 6.07) is 5.86. The molecule has 4 aliphatic rings. The van der Waals surface area contributed by atoms with Crippen LogP contribution in [0.3, 0.4) is 0 Å². The van der Waals surface area contributed by atoms with Crippen LogP contribution in [0.15, 0.2) is 29.3 Å². The monoisotopic (exact) mass is 628 g/mol. The fourth-order valence-corrected chi connectivity index (χ4v) is 8.18. The summed E-state index contributed by atoms with van der Waals surface area (Å²) in [6.07, 6.45) is 8.21. The van der Waals surface area contributed by atoms with Crippen molar-refractivity contribution in [2.24, 2.45) is 5.73 Å². The maximum Gasteiger partial charge on any atom is 0.272 e. The number of amides is 1. The standard InChI is InChI=1S/C32H36N8O4S/c1-39-11-4-5-21(39)17-44-26-13-25(40-12-8-23(38-40)31(42)35-20-15-43-16-20)36-30(37-26)28(34)22-6-2-9-32(29(22)41)10-3-7-24-27(32)19(14-33)18-45-24/h8,12-13,18,20-21H,2-7,9-11,15-17,34H2,1H3,(H,35,42)/b28-22-/t21-,32-/m0/s1. The number of aromatic nitrogens is 4. The zero-order valence-corrected chi connectivity index (χ0v) is 26.1. The zero-order chi connectivity index (χ0) is 31.1. The van der Waals surface area contributed by atoms with Crippen molar-refractivity contribution >= 4 is 28.7 Å². The molecule has 5 heterocycles. The van der Waals surface area contributed by atoms with Gasteiger partial charge >= 0.3 is 0 Å². The van der Waals surface area contributed by atoms with Crippen molar-refractivity contribution in [3.63, 3.8) is 0 Å². The number of Topliss-reactive ketones (excluding diaryl/α,β-unsaturated/α-hetero) is 1. The summed E-state index contributed by atoms with van der Waals surface area (Å²) < 4.78 is 12.9. The van der Waals surface area contributed by atoms with Gasteiger partial charge in [-0.1, -0.05) is 0 Å². The van der Waals surface area contributed by atoms with Crippen LogP contribution in [0, 0.1) is 11.3 Å². The van der Waals surface area contributed by atoms with Gasteiger partial charge in [-0.2, -0.15) is 15.3 Å². The summed E-state index contributed by atoms with van der Waals surface area (Å²) in [5.74, 6) is 0.525. The van der Waals surface area contributed by atoms with Gasteiger partial charge in [-0.15, -0.1) is 11.3 Å². The first-order chi connectivity index (χ1) is 21.9. The van der Waals surface area contributed by atoms with Crippen molar-refractivity contribution in [1.29, 1.82) is 5.26 Å². The number of hydrogen-bond acceptors (Lipinski definition) is 11. The van der Waals surface area contributed by atoms with Crippen molar-refractivity contribution in [2.75, 3.05) is 33.4 Å². The van der Waals surface area contributed by atoms with Gasteiger partial charge in [-0.25, -0.2) is 9.67 Å². The highest BCUT2D eigenvalue weighted by Gasteiger charge is 2.49. The fraction of sp³-hybridized carbons (Fsp3) is 0.500. The van der Waals surface area contributed by atoms with Crippen LogP contribution in [-0.4, -0.2) is 81.8 Å². The molecule has 3 aromatic rings. The van der Waals surface area contributed by atoms with E-state index in [1.165, 1.54) is 4.68 Å². The third-order valence-corrected chi connectivity index (χ3v) is 10.6. The normalized spacial score (nSPS) is 24.6. The molecular formula is C32H36N8O4S. The number of nitriles is 1. The molecule has 3 fully saturated rings. The molecule has 1 saturated carbocycles. The van der Waals surface area contributed by atoms with E-state index in [9.17, 15) is 14.9 Å². The second-order valence-corrected chi connectivity index (χ2v) is 13.4. The van der Waals surface area contributed by atoms with Gasteiger partial charge in [0.2, 0.25) is 5.88 Å².